The van der Waals surface area contributed by atoms with Crippen LogP contribution in [0.2, 0.25) is 0 Å². The summed E-state index contributed by atoms with van der Waals surface area (Å²) in [4.78, 5) is 22.8. The van der Waals surface area contributed by atoms with Crippen LogP contribution in [0.15, 0.2) is 60.6 Å². The fourth-order valence-corrected chi connectivity index (χ4v) is 3.76. The number of benzene rings is 2. The summed E-state index contributed by atoms with van der Waals surface area (Å²) in [5.74, 6) is -0.513. The third-order valence-corrected chi connectivity index (χ3v) is 5.33. The number of nitrogens with one attached hydrogen (secondary N) is 3. The molecule has 0 atom stereocenters. The van der Waals surface area contributed by atoms with Crippen molar-refractivity contribution < 1.29 is 13.6 Å². The number of carbonyl (C=O) groups excluding carboxylic acids is 1. The molecule has 2 heterocycles. The van der Waals surface area contributed by atoms with Crippen molar-refractivity contribution in [3.05, 3.63) is 83.3 Å². The summed E-state index contributed by atoms with van der Waals surface area (Å²) in [5.41, 5.74) is 2.28. The molecular formula is C24H22F2N6O. The van der Waals surface area contributed by atoms with Gasteiger partial charge in [-0.1, -0.05) is 18.2 Å². The molecule has 2 aromatic carbocycles. The molecule has 3 aromatic rings. The van der Waals surface area contributed by atoms with Crippen molar-refractivity contribution in [2.75, 3.05) is 23.8 Å². The summed E-state index contributed by atoms with van der Waals surface area (Å²) in [6.45, 7) is 0.333. The van der Waals surface area contributed by atoms with Crippen LogP contribution in [0.1, 0.15) is 11.1 Å². The normalized spacial score (nSPS) is 12.9. The van der Waals surface area contributed by atoms with Crippen LogP contribution < -0.4 is 15.5 Å². The van der Waals surface area contributed by atoms with Crippen LogP contribution >= 0.6 is 0 Å². The van der Waals surface area contributed by atoms with Gasteiger partial charge in [-0.15, -0.1) is 0 Å². The summed E-state index contributed by atoms with van der Waals surface area (Å²) in [7, 11) is 1.70. The number of rotatable bonds is 7. The van der Waals surface area contributed by atoms with E-state index in [-0.39, 0.29) is 29.5 Å². The molecule has 0 fully saturated rings. The standard InChI is InChI=1S/C24H22F2N6O/c1-28-21(6-9-27)31-24-29-10-7-20(30-24)17-12-16-8-11-32(23(16)19(26)13-17)22(33)14-15-4-2-3-5-18(15)25/h2-7,9-10,12-13,27-28H,8,11,14H2,1H3,(H,29,30,31)/b21-6+,27-9?. The number of fused-ring (bicyclic) bond motifs is 1. The van der Waals surface area contributed by atoms with Gasteiger partial charge in [0.15, 0.2) is 0 Å². The Bertz CT molecular complexity index is 1240. The smallest absolute Gasteiger partial charge is 0.231 e. The summed E-state index contributed by atoms with van der Waals surface area (Å²) in [6.07, 6.45) is 4.55. The summed E-state index contributed by atoms with van der Waals surface area (Å²) >= 11 is 0. The van der Waals surface area contributed by atoms with Gasteiger partial charge in [0.25, 0.3) is 0 Å². The van der Waals surface area contributed by atoms with E-state index in [0.29, 0.717) is 35.6 Å². The molecule has 0 aliphatic carbocycles. The van der Waals surface area contributed by atoms with Gasteiger partial charge in [-0.3, -0.25) is 4.79 Å². The Balaban J connectivity index is 1.59. The molecule has 1 aliphatic heterocycles. The van der Waals surface area contributed by atoms with Crippen molar-refractivity contribution in [3.8, 4) is 11.3 Å². The maximum absolute atomic E-state index is 15.2. The molecule has 1 aliphatic rings. The van der Waals surface area contributed by atoms with Gasteiger partial charge < -0.3 is 20.9 Å². The van der Waals surface area contributed by atoms with Crippen molar-refractivity contribution >= 4 is 23.8 Å². The zero-order valence-corrected chi connectivity index (χ0v) is 17.9. The van der Waals surface area contributed by atoms with Gasteiger partial charge in [0.2, 0.25) is 11.9 Å². The van der Waals surface area contributed by atoms with Crippen LogP contribution in [0.25, 0.3) is 11.3 Å². The van der Waals surface area contributed by atoms with Gasteiger partial charge in [0, 0.05) is 31.6 Å². The Hall–Kier alpha value is -4.14. The van der Waals surface area contributed by atoms with Crippen molar-refractivity contribution in [1.82, 2.24) is 15.3 Å². The number of hydrogen-bond acceptors (Lipinski definition) is 6. The number of allylic oxidation sites excluding steroid dienone is 1. The molecular weight excluding hydrogens is 426 g/mol. The molecule has 0 radical (unpaired) electrons. The average Bonchev–Trinajstić information content (AvgIpc) is 3.25. The van der Waals surface area contributed by atoms with Crippen LogP contribution in [0.4, 0.5) is 20.4 Å². The minimum atomic E-state index is -0.533. The van der Waals surface area contributed by atoms with E-state index < -0.39 is 11.6 Å². The lowest BCUT2D eigenvalue weighted by molar-refractivity contribution is -0.118. The minimum Gasteiger partial charge on any atom is -0.375 e. The Labute approximate surface area is 189 Å². The summed E-state index contributed by atoms with van der Waals surface area (Å²) in [5, 5.41) is 13.0. The predicted octanol–water partition coefficient (Wildman–Crippen LogP) is 3.68. The highest BCUT2D eigenvalue weighted by Crippen LogP contribution is 2.35. The number of aromatic nitrogens is 2. The minimum absolute atomic E-state index is 0.134. The summed E-state index contributed by atoms with van der Waals surface area (Å²) < 4.78 is 29.1. The first kappa shape index (κ1) is 22.1. The largest absolute Gasteiger partial charge is 0.375 e. The summed E-state index contributed by atoms with van der Waals surface area (Å²) in [6, 6.07) is 10.9. The van der Waals surface area contributed by atoms with E-state index in [2.05, 4.69) is 20.6 Å². The predicted molar refractivity (Wildman–Crippen MR) is 123 cm³/mol. The van der Waals surface area contributed by atoms with Gasteiger partial charge in [-0.2, -0.15) is 0 Å². The van der Waals surface area contributed by atoms with E-state index in [0.717, 1.165) is 6.21 Å². The van der Waals surface area contributed by atoms with E-state index in [1.54, 1.807) is 37.5 Å². The molecule has 0 unspecified atom stereocenters. The molecule has 33 heavy (non-hydrogen) atoms. The first-order valence-corrected chi connectivity index (χ1v) is 10.3. The Morgan fingerprint density at radius 3 is 2.79 bits per heavy atom. The van der Waals surface area contributed by atoms with Crippen LogP contribution in [0.3, 0.4) is 0 Å². The molecule has 1 aromatic heterocycles. The van der Waals surface area contributed by atoms with E-state index >= 15 is 4.39 Å². The second kappa shape index (κ2) is 9.56. The first-order chi connectivity index (χ1) is 16.0. The van der Waals surface area contributed by atoms with Gasteiger partial charge >= 0.3 is 0 Å². The van der Waals surface area contributed by atoms with Gasteiger partial charge in [-0.25, -0.2) is 18.7 Å². The number of nitrogens with zero attached hydrogens (tertiary/aromatic N) is 3. The molecule has 1 amide bonds. The van der Waals surface area contributed by atoms with Gasteiger partial charge in [-0.05, 0) is 47.9 Å². The van der Waals surface area contributed by atoms with Gasteiger partial charge in [0.1, 0.15) is 17.5 Å². The van der Waals surface area contributed by atoms with Crippen LogP contribution in [-0.4, -0.2) is 35.7 Å². The maximum Gasteiger partial charge on any atom is 0.231 e. The van der Waals surface area contributed by atoms with Crippen molar-refractivity contribution in [1.29, 1.82) is 5.41 Å². The number of hydrogen-bond donors (Lipinski definition) is 3. The lowest BCUT2D eigenvalue weighted by Gasteiger charge is -2.19. The molecule has 7 nitrogen and oxygen atoms in total. The fourth-order valence-electron chi connectivity index (χ4n) is 3.76. The van der Waals surface area contributed by atoms with E-state index in [4.69, 9.17) is 5.41 Å². The van der Waals surface area contributed by atoms with Crippen LogP contribution in [0.5, 0.6) is 0 Å². The quantitative estimate of drug-likeness (QED) is 0.480. The molecule has 0 spiro atoms. The lowest BCUT2D eigenvalue weighted by Crippen LogP contribution is -2.31. The SMILES string of the molecule is CN/C(=C\C=N)Nc1nccc(-c2cc(F)c3c(c2)CCN3C(=O)Cc2ccccc2F)n1. The highest BCUT2D eigenvalue weighted by atomic mass is 19.1. The molecule has 168 valence electrons. The van der Waals surface area contributed by atoms with Crippen LogP contribution in [0, 0.1) is 17.0 Å². The second-order valence-electron chi connectivity index (χ2n) is 7.42. The first-order valence-electron chi connectivity index (χ1n) is 10.3. The van der Waals surface area contributed by atoms with E-state index in [9.17, 15) is 9.18 Å². The molecule has 3 N–H and O–H groups in total. The number of halogens is 2. The van der Waals surface area contributed by atoms with Gasteiger partial charge in [0.05, 0.1) is 17.8 Å². The molecule has 0 saturated heterocycles. The van der Waals surface area contributed by atoms with Crippen molar-refractivity contribution in [2.24, 2.45) is 0 Å². The average molecular weight is 448 g/mol. The Morgan fingerprint density at radius 1 is 1.21 bits per heavy atom. The van der Waals surface area contributed by atoms with E-state index in [1.165, 1.54) is 23.1 Å². The lowest BCUT2D eigenvalue weighted by atomic mass is 10.0. The maximum atomic E-state index is 15.2. The third-order valence-electron chi connectivity index (χ3n) is 5.33. The molecule has 4 rings (SSSR count). The van der Waals surface area contributed by atoms with Crippen molar-refractivity contribution in [3.63, 3.8) is 0 Å². The molecule has 0 bridgehead atoms. The molecule has 9 heteroatoms. The highest BCUT2D eigenvalue weighted by Gasteiger charge is 2.29. The number of anilines is 2. The third kappa shape index (κ3) is 4.72. The topological polar surface area (TPSA) is 94.0 Å². The number of amides is 1. The Morgan fingerprint density at radius 2 is 2.03 bits per heavy atom. The monoisotopic (exact) mass is 448 g/mol. The highest BCUT2D eigenvalue weighted by molar-refractivity contribution is 5.97. The second-order valence-corrected chi connectivity index (χ2v) is 7.42. The zero-order chi connectivity index (χ0) is 23.4. The number of carbonyl (C=O) groups is 1. The Kier molecular flexibility index (Phi) is 6.39. The van der Waals surface area contributed by atoms with E-state index in [1.807, 2.05) is 6.07 Å². The zero-order valence-electron chi connectivity index (χ0n) is 17.9. The van der Waals surface area contributed by atoms with Crippen LogP contribution in [-0.2, 0) is 17.6 Å². The van der Waals surface area contributed by atoms with Crippen molar-refractivity contribution in [2.45, 2.75) is 12.8 Å². The molecule has 0 saturated carbocycles. The fraction of sp³-hybridized carbons (Fsp3) is 0.167.